The normalized spacial score (nSPS) is 11.6. The number of hydrogen-bond donors (Lipinski definition) is 0. The van der Waals surface area contributed by atoms with Gasteiger partial charge in [-0.3, -0.25) is 14.4 Å². The van der Waals surface area contributed by atoms with Gasteiger partial charge in [0.15, 0.2) is 0 Å². The molecule has 0 aliphatic heterocycles. The highest BCUT2D eigenvalue weighted by atomic mass is 32.1. The molecule has 0 unspecified atom stereocenters. The summed E-state index contributed by atoms with van der Waals surface area (Å²) < 4.78 is 12.1. The molecule has 0 atom stereocenters. The van der Waals surface area contributed by atoms with Crippen LogP contribution in [0.1, 0.15) is 37.1 Å². The minimum Gasteiger partial charge on any atom is -0.494 e. The van der Waals surface area contributed by atoms with E-state index in [1.54, 1.807) is 30.3 Å². The number of esters is 1. The lowest BCUT2D eigenvalue weighted by atomic mass is 10.1. The van der Waals surface area contributed by atoms with Gasteiger partial charge in [-0.05, 0) is 47.9 Å². The third-order valence-electron chi connectivity index (χ3n) is 4.66. The second-order valence-corrected chi connectivity index (χ2v) is 8.31. The molecule has 2 heterocycles. The first kappa shape index (κ1) is 22.3. The molecule has 0 N–H and O–H groups in total. The highest BCUT2D eigenvalue weighted by Crippen LogP contribution is 2.15. The van der Waals surface area contributed by atoms with Crippen LogP contribution in [0.15, 0.2) is 58.1 Å². The minimum absolute atomic E-state index is 0.196. The molecule has 0 spiro atoms. The van der Waals surface area contributed by atoms with Crippen molar-refractivity contribution in [2.24, 2.45) is 0 Å². The Morgan fingerprint density at radius 3 is 2.42 bits per heavy atom. The predicted molar refractivity (Wildman–Crippen MR) is 125 cm³/mol. The van der Waals surface area contributed by atoms with Crippen molar-refractivity contribution < 1.29 is 14.3 Å². The summed E-state index contributed by atoms with van der Waals surface area (Å²) in [5.41, 5.74) is 0.994. The van der Waals surface area contributed by atoms with Crippen LogP contribution in [-0.4, -0.2) is 27.2 Å². The fourth-order valence-electron chi connectivity index (χ4n) is 3.12. The zero-order valence-corrected chi connectivity index (χ0v) is 18.9. The van der Waals surface area contributed by atoms with E-state index in [-0.39, 0.29) is 22.6 Å². The Morgan fingerprint density at radius 1 is 1.06 bits per heavy atom. The van der Waals surface area contributed by atoms with Gasteiger partial charge in [-0.1, -0.05) is 42.5 Å². The number of benzene rings is 2. The van der Waals surface area contributed by atoms with Crippen molar-refractivity contribution in [3.05, 3.63) is 90.6 Å². The van der Waals surface area contributed by atoms with Gasteiger partial charge in [0.1, 0.15) is 17.2 Å². The molecule has 0 saturated heterocycles. The van der Waals surface area contributed by atoms with E-state index in [1.807, 2.05) is 31.2 Å². The van der Waals surface area contributed by atoms with Gasteiger partial charge < -0.3 is 9.47 Å². The summed E-state index contributed by atoms with van der Waals surface area (Å²) in [6, 6.07) is 14.2. The molecule has 0 aliphatic carbocycles. The molecule has 0 bridgehead atoms. The number of fused-ring (bicyclic) bond motifs is 1. The Bertz CT molecular complexity index is 1460. The Kier molecular flexibility index (Phi) is 6.60. The topological polar surface area (TPSA) is 99.9 Å². The number of ether oxygens (including phenoxy) is 2. The predicted octanol–water partition coefficient (Wildman–Crippen LogP) is 2.36. The molecule has 2 aromatic carbocycles. The Labute approximate surface area is 192 Å². The molecular weight excluding hydrogens is 442 g/mol. The second-order valence-electron chi connectivity index (χ2n) is 7.31. The quantitative estimate of drug-likeness (QED) is 0.306. The second kappa shape index (κ2) is 9.74. The molecule has 4 aromatic rings. The lowest BCUT2D eigenvalue weighted by Crippen LogP contribution is -2.28. The largest absolute Gasteiger partial charge is 0.494 e. The number of nitrogens with zero attached hydrogens (tertiary/aromatic N) is 3. The van der Waals surface area contributed by atoms with Gasteiger partial charge in [-0.25, -0.2) is 0 Å². The summed E-state index contributed by atoms with van der Waals surface area (Å²) in [7, 11) is 0. The van der Waals surface area contributed by atoms with Crippen LogP contribution in [-0.2, 0) is 11.2 Å². The third-order valence-corrected chi connectivity index (χ3v) is 5.62. The van der Waals surface area contributed by atoms with Crippen LogP contribution in [0.2, 0.25) is 0 Å². The minimum atomic E-state index is -0.458. The average Bonchev–Trinajstić information content (AvgIpc) is 3.08. The number of aromatic nitrogens is 3. The molecule has 2 aromatic heterocycles. The van der Waals surface area contributed by atoms with E-state index in [9.17, 15) is 14.4 Å². The van der Waals surface area contributed by atoms with E-state index in [0.717, 1.165) is 34.6 Å². The van der Waals surface area contributed by atoms with E-state index < -0.39 is 11.5 Å². The number of carbonyl (C=O) groups excluding carboxylic acids is 1. The fraction of sp³-hybridized carbons (Fsp3) is 0.208. The van der Waals surface area contributed by atoms with Gasteiger partial charge >= 0.3 is 5.97 Å². The first-order valence-electron chi connectivity index (χ1n) is 10.4. The third kappa shape index (κ3) is 5.32. The van der Waals surface area contributed by atoms with Gasteiger partial charge in [0.25, 0.3) is 11.1 Å². The highest BCUT2D eigenvalue weighted by Gasteiger charge is 2.12. The van der Waals surface area contributed by atoms with Crippen LogP contribution in [0.5, 0.6) is 11.5 Å². The maximum absolute atomic E-state index is 12.9. The van der Waals surface area contributed by atoms with Crippen LogP contribution >= 0.6 is 11.3 Å². The van der Waals surface area contributed by atoms with Gasteiger partial charge in [0.05, 0.1) is 11.1 Å². The average molecular weight is 464 g/mol. The summed E-state index contributed by atoms with van der Waals surface area (Å²) in [6.45, 7) is 4.01. The summed E-state index contributed by atoms with van der Waals surface area (Å²) >= 11 is 1.09. The Balaban J connectivity index is 1.62. The molecule has 33 heavy (non-hydrogen) atoms. The standard InChI is InChI=1S/C24H21N3O5S/c1-3-12-31-18-8-4-16(5-9-18)13-20-22(29)25-24-27(26-20)23(30)21(33-24)14-17-6-10-19(11-7-17)32-15(2)28/h4-11,14H,3,12-13H2,1-2H3. The zero-order chi connectivity index (χ0) is 23.4. The Hall–Kier alpha value is -3.85. The first-order chi connectivity index (χ1) is 15.9. The number of rotatable bonds is 7. The van der Waals surface area contributed by atoms with Crippen molar-refractivity contribution in [3.8, 4) is 11.5 Å². The van der Waals surface area contributed by atoms with Gasteiger partial charge in [0, 0.05) is 13.3 Å². The zero-order valence-electron chi connectivity index (χ0n) is 18.1. The van der Waals surface area contributed by atoms with E-state index in [4.69, 9.17) is 9.47 Å². The van der Waals surface area contributed by atoms with Crippen LogP contribution < -0.4 is 25.1 Å². The van der Waals surface area contributed by atoms with Crippen LogP contribution in [0.25, 0.3) is 11.0 Å². The number of carbonyl (C=O) groups is 1. The van der Waals surface area contributed by atoms with Crippen LogP contribution in [0.4, 0.5) is 0 Å². The van der Waals surface area contributed by atoms with Crippen molar-refractivity contribution in [2.45, 2.75) is 26.7 Å². The summed E-state index contributed by atoms with van der Waals surface area (Å²) in [5.74, 6) is 0.776. The molecule has 0 fully saturated rings. The summed E-state index contributed by atoms with van der Waals surface area (Å²) in [6.07, 6.45) is 2.86. The summed E-state index contributed by atoms with van der Waals surface area (Å²) in [5, 5.41) is 4.28. The van der Waals surface area contributed by atoms with Crippen molar-refractivity contribution in [3.63, 3.8) is 0 Å². The van der Waals surface area contributed by atoms with Crippen molar-refractivity contribution in [1.82, 2.24) is 14.6 Å². The molecule has 0 aliphatic rings. The van der Waals surface area contributed by atoms with E-state index in [2.05, 4.69) is 10.1 Å². The Morgan fingerprint density at radius 2 is 1.76 bits per heavy atom. The lowest BCUT2D eigenvalue weighted by Gasteiger charge is -2.05. The lowest BCUT2D eigenvalue weighted by molar-refractivity contribution is -0.131. The smallest absolute Gasteiger partial charge is 0.308 e. The molecule has 168 valence electrons. The molecule has 8 nitrogen and oxygen atoms in total. The molecule has 9 heteroatoms. The maximum Gasteiger partial charge on any atom is 0.308 e. The van der Waals surface area contributed by atoms with Gasteiger partial charge in [0.2, 0.25) is 4.96 Å². The monoisotopic (exact) mass is 463 g/mol. The van der Waals surface area contributed by atoms with Gasteiger partial charge in [-0.15, -0.1) is 0 Å². The molecule has 4 rings (SSSR count). The first-order valence-corrected chi connectivity index (χ1v) is 11.2. The van der Waals surface area contributed by atoms with E-state index in [1.165, 1.54) is 11.4 Å². The van der Waals surface area contributed by atoms with E-state index >= 15 is 0 Å². The van der Waals surface area contributed by atoms with Crippen molar-refractivity contribution in [1.29, 1.82) is 0 Å². The van der Waals surface area contributed by atoms with Crippen molar-refractivity contribution >= 4 is 28.3 Å². The number of thiazole rings is 1. The molecule has 0 amide bonds. The van der Waals surface area contributed by atoms with E-state index in [0.29, 0.717) is 16.9 Å². The van der Waals surface area contributed by atoms with Crippen LogP contribution in [0, 0.1) is 0 Å². The molecule has 0 radical (unpaired) electrons. The fourth-order valence-corrected chi connectivity index (χ4v) is 4.02. The highest BCUT2D eigenvalue weighted by molar-refractivity contribution is 7.15. The maximum atomic E-state index is 12.9. The molecule has 0 saturated carbocycles. The molecular formula is C24H21N3O5S. The SMILES string of the molecule is CCCOc1ccc(Cc2nn3c(=O)c(=Cc4ccc(OC(C)=O)cc4)sc3nc2=O)cc1. The summed E-state index contributed by atoms with van der Waals surface area (Å²) in [4.78, 5) is 40.7. The van der Waals surface area contributed by atoms with Crippen LogP contribution in [0.3, 0.4) is 0 Å². The number of hydrogen-bond acceptors (Lipinski definition) is 8. The van der Waals surface area contributed by atoms with Gasteiger partial charge in [-0.2, -0.15) is 14.6 Å². The van der Waals surface area contributed by atoms with Crippen molar-refractivity contribution in [2.75, 3.05) is 6.61 Å².